The maximum absolute atomic E-state index is 13.8. The maximum Gasteiger partial charge on any atom is 0.261 e. The van der Waals surface area contributed by atoms with Crippen molar-refractivity contribution < 1.29 is 19.1 Å². The minimum absolute atomic E-state index is 0.00787. The van der Waals surface area contributed by atoms with Crippen LogP contribution in [0.3, 0.4) is 0 Å². The van der Waals surface area contributed by atoms with E-state index in [2.05, 4.69) is 11.8 Å². The van der Waals surface area contributed by atoms with Gasteiger partial charge in [0.2, 0.25) is 6.79 Å². The molecule has 156 valence electrons. The van der Waals surface area contributed by atoms with Crippen molar-refractivity contribution in [2.45, 2.75) is 36.1 Å². The number of nitrogens with zero attached hydrogens (tertiary/aromatic N) is 3. The monoisotopic (exact) mass is 435 g/mol. The molecular formula is C20H25N3O4S2. The van der Waals surface area contributed by atoms with Crippen LogP contribution in [-0.2, 0) is 9.59 Å². The van der Waals surface area contributed by atoms with Crippen molar-refractivity contribution >= 4 is 33.4 Å². The number of fused-ring (bicyclic) bond motifs is 3. The van der Waals surface area contributed by atoms with Gasteiger partial charge in [0.05, 0.1) is 6.04 Å². The number of piperazine rings is 1. The molecule has 2 amide bonds. The first-order chi connectivity index (χ1) is 13.6. The number of likely N-dealkylation sites (N-methyl/N-ethyl adjacent to an activating group) is 1. The zero-order valence-electron chi connectivity index (χ0n) is 17.2. The molecule has 7 nitrogen and oxygen atoms in total. The minimum Gasteiger partial charge on any atom is -0.454 e. The number of amides is 2. The Morgan fingerprint density at radius 2 is 1.86 bits per heavy atom. The highest BCUT2D eigenvalue weighted by Gasteiger charge is 2.74. The molecule has 5 aliphatic rings. The predicted molar refractivity (Wildman–Crippen MR) is 113 cm³/mol. The van der Waals surface area contributed by atoms with Gasteiger partial charge in [0, 0.05) is 19.0 Å². The molecule has 4 fully saturated rings. The zero-order chi connectivity index (χ0) is 20.8. The van der Waals surface area contributed by atoms with Crippen LogP contribution in [0.1, 0.15) is 31.9 Å². The van der Waals surface area contributed by atoms with Crippen LogP contribution in [0.2, 0.25) is 0 Å². The lowest BCUT2D eigenvalue weighted by Crippen LogP contribution is -2.73. The number of hydrogen-bond acceptors (Lipinski definition) is 7. The Hall–Kier alpha value is -1.58. The van der Waals surface area contributed by atoms with Gasteiger partial charge in [0.1, 0.15) is 0 Å². The van der Waals surface area contributed by atoms with Crippen LogP contribution < -0.4 is 9.47 Å². The molecule has 2 unspecified atom stereocenters. The molecular weight excluding hydrogens is 410 g/mol. The highest BCUT2D eigenvalue weighted by atomic mass is 33.1. The standard InChI is InChI=1S/C20H25N3O4S2/c1-18(10-21(3)4)9-20-17(25)22(5)19(2,28-29-20)16(24)23(20)15(18)12-6-7-13-14(8-12)27-11-26-13/h6-8,15H,9-11H2,1-5H3/t15?,18-,19?,20+/m1/s1. The summed E-state index contributed by atoms with van der Waals surface area (Å²) in [5.41, 5.74) is 0.688. The zero-order valence-corrected chi connectivity index (χ0v) is 18.9. The first kappa shape index (κ1) is 19.4. The molecule has 1 aromatic carbocycles. The van der Waals surface area contributed by atoms with Crippen LogP contribution >= 0.6 is 21.6 Å². The molecule has 1 spiro atoms. The summed E-state index contributed by atoms with van der Waals surface area (Å²) >= 11 is 0. The van der Waals surface area contributed by atoms with Crippen LogP contribution in [0.25, 0.3) is 0 Å². The van der Waals surface area contributed by atoms with Crippen molar-refractivity contribution in [3.63, 3.8) is 0 Å². The number of ether oxygens (including phenoxy) is 2. The number of rotatable bonds is 3. The average molecular weight is 436 g/mol. The molecule has 0 aliphatic carbocycles. The fourth-order valence-corrected chi connectivity index (χ4v) is 8.99. The molecule has 29 heavy (non-hydrogen) atoms. The van der Waals surface area contributed by atoms with Crippen molar-refractivity contribution in [2.24, 2.45) is 5.41 Å². The number of carbonyl (C=O) groups excluding carboxylic acids is 2. The molecule has 0 radical (unpaired) electrons. The molecule has 2 bridgehead atoms. The summed E-state index contributed by atoms with van der Waals surface area (Å²) in [7, 11) is 8.89. The summed E-state index contributed by atoms with van der Waals surface area (Å²) in [6, 6.07) is 5.67. The van der Waals surface area contributed by atoms with E-state index < -0.39 is 9.74 Å². The predicted octanol–water partition coefficient (Wildman–Crippen LogP) is 2.54. The van der Waals surface area contributed by atoms with E-state index >= 15 is 0 Å². The lowest BCUT2D eigenvalue weighted by molar-refractivity contribution is -0.164. The van der Waals surface area contributed by atoms with Crippen LogP contribution in [0.4, 0.5) is 0 Å². The highest BCUT2D eigenvalue weighted by molar-refractivity contribution is 8.78. The van der Waals surface area contributed by atoms with Gasteiger partial charge in [-0.25, -0.2) is 0 Å². The van der Waals surface area contributed by atoms with Gasteiger partial charge in [-0.2, -0.15) is 0 Å². The van der Waals surface area contributed by atoms with Gasteiger partial charge >= 0.3 is 0 Å². The Morgan fingerprint density at radius 3 is 2.59 bits per heavy atom. The summed E-state index contributed by atoms with van der Waals surface area (Å²) in [6.45, 7) is 5.01. The van der Waals surface area contributed by atoms with Gasteiger partial charge in [-0.05, 0) is 45.1 Å². The summed E-state index contributed by atoms with van der Waals surface area (Å²) in [6.07, 6.45) is 0.611. The third-order valence-corrected chi connectivity index (χ3v) is 10.3. The fourth-order valence-electron chi connectivity index (χ4n) is 5.38. The first-order valence-corrected chi connectivity index (χ1v) is 11.8. The Balaban J connectivity index is 1.69. The molecule has 0 saturated carbocycles. The van der Waals surface area contributed by atoms with E-state index in [1.807, 2.05) is 44.1 Å². The lowest BCUT2D eigenvalue weighted by Gasteiger charge is -2.57. The normalized spacial score (nSPS) is 37.7. The Labute approximate surface area is 178 Å². The molecule has 4 saturated heterocycles. The molecule has 5 aliphatic heterocycles. The van der Waals surface area contributed by atoms with E-state index in [0.29, 0.717) is 12.2 Å². The smallest absolute Gasteiger partial charge is 0.261 e. The van der Waals surface area contributed by atoms with Crippen molar-refractivity contribution in [1.29, 1.82) is 0 Å². The SMILES string of the molecule is CN(C)C[C@@]1(C)C[C@@]23SSC(C)(C(=O)N2C1c1ccc2c(c1)OCO2)N(C)C3=O. The quantitative estimate of drug-likeness (QED) is 0.676. The van der Waals surface area contributed by atoms with Crippen LogP contribution in [0.15, 0.2) is 18.2 Å². The lowest BCUT2D eigenvalue weighted by atomic mass is 9.77. The van der Waals surface area contributed by atoms with E-state index in [1.54, 1.807) is 22.7 Å². The summed E-state index contributed by atoms with van der Waals surface area (Å²) in [5.74, 6) is 1.45. The minimum atomic E-state index is -0.887. The highest BCUT2D eigenvalue weighted by Crippen LogP contribution is 2.69. The van der Waals surface area contributed by atoms with E-state index in [4.69, 9.17) is 9.47 Å². The fraction of sp³-hybridized carbons (Fsp3) is 0.600. The van der Waals surface area contributed by atoms with E-state index in [0.717, 1.165) is 17.9 Å². The number of benzene rings is 1. The third kappa shape index (κ3) is 2.38. The third-order valence-electron chi connectivity index (χ3n) is 6.58. The molecule has 1 aromatic rings. The molecule has 5 heterocycles. The molecule has 0 aromatic heterocycles. The molecule has 6 rings (SSSR count). The van der Waals surface area contributed by atoms with Crippen molar-refractivity contribution in [3.8, 4) is 11.5 Å². The van der Waals surface area contributed by atoms with Gasteiger partial charge in [0.25, 0.3) is 11.8 Å². The topological polar surface area (TPSA) is 62.3 Å². The van der Waals surface area contributed by atoms with E-state index in [9.17, 15) is 9.59 Å². The van der Waals surface area contributed by atoms with Gasteiger partial charge in [-0.3, -0.25) is 9.59 Å². The van der Waals surface area contributed by atoms with Crippen molar-refractivity contribution in [1.82, 2.24) is 14.7 Å². The second kappa shape index (κ2) is 5.98. The van der Waals surface area contributed by atoms with Crippen LogP contribution in [0.5, 0.6) is 11.5 Å². The van der Waals surface area contributed by atoms with Crippen molar-refractivity contribution in [2.75, 3.05) is 34.5 Å². The Morgan fingerprint density at radius 1 is 1.14 bits per heavy atom. The molecule has 0 N–H and O–H groups in total. The molecule has 9 heteroatoms. The van der Waals surface area contributed by atoms with Crippen LogP contribution in [-0.4, -0.2) is 70.7 Å². The average Bonchev–Trinajstić information content (AvgIpc) is 3.22. The summed E-state index contributed by atoms with van der Waals surface area (Å²) in [5, 5.41) is 0. The summed E-state index contributed by atoms with van der Waals surface area (Å²) < 4.78 is 11.1. The van der Waals surface area contributed by atoms with Gasteiger partial charge in [-0.1, -0.05) is 34.6 Å². The summed E-state index contributed by atoms with van der Waals surface area (Å²) in [4.78, 5) is 31.2. The second-order valence-electron chi connectivity index (χ2n) is 9.06. The maximum atomic E-state index is 13.8. The van der Waals surface area contributed by atoms with E-state index in [1.165, 1.54) is 10.8 Å². The second-order valence-corrected chi connectivity index (χ2v) is 11.9. The van der Waals surface area contributed by atoms with Gasteiger partial charge in [0.15, 0.2) is 21.2 Å². The van der Waals surface area contributed by atoms with Crippen molar-refractivity contribution in [3.05, 3.63) is 23.8 Å². The Kier molecular flexibility index (Phi) is 4.00. The first-order valence-electron chi connectivity index (χ1n) is 9.66. The largest absolute Gasteiger partial charge is 0.454 e. The number of carbonyl (C=O) groups is 2. The Bertz CT molecular complexity index is 927. The van der Waals surface area contributed by atoms with Gasteiger partial charge in [-0.15, -0.1) is 0 Å². The number of hydrogen-bond donors (Lipinski definition) is 0. The van der Waals surface area contributed by atoms with Crippen LogP contribution in [0, 0.1) is 5.41 Å². The van der Waals surface area contributed by atoms with Gasteiger partial charge < -0.3 is 24.2 Å². The van der Waals surface area contributed by atoms with E-state index in [-0.39, 0.29) is 30.1 Å². The molecule has 4 atom stereocenters.